The van der Waals surface area contributed by atoms with Crippen molar-refractivity contribution in [3.05, 3.63) is 67.1 Å². The van der Waals surface area contributed by atoms with E-state index < -0.39 is 0 Å². The van der Waals surface area contributed by atoms with Crippen molar-refractivity contribution >= 4 is 16.9 Å². The molecule has 0 bridgehead atoms. The number of ether oxygens (including phenoxy) is 1. The van der Waals surface area contributed by atoms with E-state index in [1.807, 2.05) is 70.4 Å². The number of benzene rings is 2. The topological polar surface area (TPSA) is 73.1 Å². The minimum Gasteiger partial charge on any atom is -0.457 e. The Hall–Kier alpha value is -3.74. The first-order chi connectivity index (χ1) is 15.2. The van der Waals surface area contributed by atoms with Crippen LogP contribution in [0.15, 0.2) is 67.1 Å². The van der Waals surface area contributed by atoms with Crippen molar-refractivity contribution in [2.75, 3.05) is 13.1 Å². The molecule has 2 aromatic heterocycles. The van der Waals surface area contributed by atoms with Crippen LogP contribution in [0, 0.1) is 5.92 Å². The third-order valence-electron chi connectivity index (χ3n) is 5.68. The first kappa shape index (κ1) is 19.2. The van der Waals surface area contributed by atoms with E-state index in [-0.39, 0.29) is 5.91 Å². The van der Waals surface area contributed by atoms with Crippen LogP contribution in [0.25, 0.3) is 22.3 Å². The second-order valence-corrected chi connectivity index (χ2v) is 7.85. The van der Waals surface area contributed by atoms with Gasteiger partial charge in [-0.2, -0.15) is 5.10 Å². The molecular weight excluding hydrogens is 390 g/mol. The average molecular weight is 413 g/mol. The fourth-order valence-electron chi connectivity index (χ4n) is 4.08. The Kier molecular flexibility index (Phi) is 5.08. The quantitative estimate of drug-likeness (QED) is 0.491. The molecule has 0 aliphatic carbocycles. The number of amides is 1. The summed E-state index contributed by atoms with van der Waals surface area (Å²) >= 11 is 0. The Balaban J connectivity index is 1.41. The van der Waals surface area contributed by atoms with Crippen molar-refractivity contribution in [1.29, 1.82) is 0 Å². The van der Waals surface area contributed by atoms with Crippen molar-refractivity contribution in [3.8, 4) is 22.8 Å². The van der Waals surface area contributed by atoms with Crippen LogP contribution < -0.4 is 4.74 Å². The average Bonchev–Trinajstić information content (AvgIpc) is 3.41. The van der Waals surface area contributed by atoms with E-state index in [0.29, 0.717) is 5.92 Å². The van der Waals surface area contributed by atoms with Gasteiger partial charge in [-0.3, -0.25) is 4.79 Å². The third kappa shape index (κ3) is 3.99. The highest BCUT2D eigenvalue weighted by molar-refractivity contribution is 5.90. The van der Waals surface area contributed by atoms with Crippen LogP contribution in [-0.2, 0) is 11.3 Å². The van der Waals surface area contributed by atoms with Gasteiger partial charge >= 0.3 is 0 Å². The van der Waals surface area contributed by atoms with Crippen LogP contribution in [0.1, 0.15) is 13.3 Å². The summed E-state index contributed by atoms with van der Waals surface area (Å²) in [6.45, 7) is 3.93. The van der Waals surface area contributed by atoms with Crippen molar-refractivity contribution in [3.63, 3.8) is 0 Å². The Bertz CT molecular complexity index is 1200. The molecule has 1 fully saturated rings. The van der Waals surface area contributed by atoms with Gasteiger partial charge in [0, 0.05) is 38.3 Å². The molecule has 1 saturated heterocycles. The zero-order valence-electron chi connectivity index (χ0n) is 17.3. The summed E-state index contributed by atoms with van der Waals surface area (Å²) in [6.07, 6.45) is 4.34. The summed E-state index contributed by atoms with van der Waals surface area (Å²) in [5, 5.41) is 5.79. The Labute approximate surface area is 180 Å². The Morgan fingerprint density at radius 1 is 1.10 bits per heavy atom. The number of nitrogens with zero attached hydrogens (tertiary/aromatic N) is 5. The van der Waals surface area contributed by atoms with E-state index in [9.17, 15) is 4.79 Å². The van der Waals surface area contributed by atoms with Crippen molar-refractivity contribution in [2.24, 2.45) is 5.92 Å². The molecule has 1 aliphatic heterocycles. The summed E-state index contributed by atoms with van der Waals surface area (Å²) in [5.74, 6) is 2.07. The van der Waals surface area contributed by atoms with E-state index in [2.05, 4.69) is 9.97 Å². The van der Waals surface area contributed by atoms with E-state index in [4.69, 9.17) is 9.84 Å². The summed E-state index contributed by atoms with van der Waals surface area (Å²) in [5.41, 5.74) is 2.65. The minimum atomic E-state index is 0.133. The first-order valence-corrected chi connectivity index (χ1v) is 10.4. The summed E-state index contributed by atoms with van der Waals surface area (Å²) in [7, 11) is 0. The molecule has 5 rings (SSSR count). The van der Waals surface area contributed by atoms with Crippen molar-refractivity contribution in [2.45, 2.75) is 19.9 Å². The molecular formula is C24H23N5O2. The molecule has 4 aromatic rings. The summed E-state index contributed by atoms with van der Waals surface area (Å²) in [6, 6.07) is 17.6. The van der Waals surface area contributed by atoms with Gasteiger partial charge in [0.15, 0.2) is 5.65 Å². The van der Waals surface area contributed by atoms with Crippen LogP contribution in [0.3, 0.4) is 0 Å². The molecule has 1 amide bonds. The van der Waals surface area contributed by atoms with Gasteiger partial charge in [0.05, 0.1) is 5.39 Å². The lowest BCUT2D eigenvalue weighted by atomic mass is 10.1. The number of carbonyl (C=O) groups excluding carboxylic acids is 1. The second kappa shape index (κ2) is 8.18. The number of hydrogen-bond donors (Lipinski definition) is 0. The maximum atomic E-state index is 11.7. The number of para-hydroxylation sites is 1. The molecule has 156 valence electrons. The largest absolute Gasteiger partial charge is 0.457 e. The van der Waals surface area contributed by atoms with Crippen LogP contribution in [0.5, 0.6) is 11.5 Å². The SMILES string of the molecule is CC(=O)N1CCC(Cn2nc(-c3ccc(Oc4ccccc4)cc3)c3cncnc32)C1. The van der Waals surface area contributed by atoms with Gasteiger partial charge in [-0.05, 0) is 48.7 Å². The Morgan fingerprint density at radius 3 is 2.61 bits per heavy atom. The zero-order valence-corrected chi connectivity index (χ0v) is 17.3. The number of rotatable bonds is 5. The zero-order chi connectivity index (χ0) is 21.2. The molecule has 7 heteroatoms. The Morgan fingerprint density at radius 2 is 1.87 bits per heavy atom. The molecule has 31 heavy (non-hydrogen) atoms. The number of hydrogen-bond acceptors (Lipinski definition) is 5. The minimum absolute atomic E-state index is 0.133. The van der Waals surface area contributed by atoms with E-state index in [1.54, 1.807) is 13.3 Å². The smallest absolute Gasteiger partial charge is 0.219 e. The highest BCUT2D eigenvalue weighted by Gasteiger charge is 2.26. The van der Waals surface area contributed by atoms with E-state index in [1.165, 1.54) is 0 Å². The molecule has 1 atom stereocenters. The lowest BCUT2D eigenvalue weighted by Gasteiger charge is -2.14. The molecule has 7 nitrogen and oxygen atoms in total. The van der Waals surface area contributed by atoms with Crippen LogP contribution in [-0.4, -0.2) is 43.6 Å². The van der Waals surface area contributed by atoms with E-state index >= 15 is 0 Å². The van der Waals surface area contributed by atoms with Gasteiger partial charge in [-0.25, -0.2) is 14.6 Å². The number of aromatic nitrogens is 4. The fourth-order valence-corrected chi connectivity index (χ4v) is 4.08. The van der Waals surface area contributed by atoms with Gasteiger partial charge in [0.2, 0.25) is 5.91 Å². The third-order valence-corrected chi connectivity index (χ3v) is 5.68. The van der Waals surface area contributed by atoms with Gasteiger partial charge in [-0.15, -0.1) is 0 Å². The number of likely N-dealkylation sites (tertiary alicyclic amines) is 1. The molecule has 2 aromatic carbocycles. The van der Waals surface area contributed by atoms with Gasteiger partial charge < -0.3 is 9.64 Å². The monoisotopic (exact) mass is 413 g/mol. The van der Waals surface area contributed by atoms with E-state index in [0.717, 1.165) is 59.8 Å². The van der Waals surface area contributed by atoms with Crippen LogP contribution in [0.4, 0.5) is 0 Å². The molecule has 0 spiro atoms. The lowest BCUT2D eigenvalue weighted by molar-refractivity contribution is -0.127. The summed E-state index contributed by atoms with van der Waals surface area (Å²) < 4.78 is 7.85. The van der Waals surface area contributed by atoms with Gasteiger partial charge in [0.1, 0.15) is 23.5 Å². The highest BCUT2D eigenvalue weighted by atomic mass is 16.5. The van der Waals surface area contributed by atoms with Crippen molar-refractivity contribution in [1.82, 2.24) is 24.6 Å². The highest BCUT2D eigenvalue weighted by Crippen LogP contribution is 2.30. The van der Waals surface area contributed by atoms with Crippen LogP contribution in [0.2, 0.25) is 0 Å². The molecule has 0 radical (unpaired) electrons. The van der Waals surface area contributed by atoms with Crippen LogP contribution >= 0.6 is 0 Å². The molecule has 1 aliphatic rings. The molecule has 1 unspecified atom stereocenters. The number of fused-ring (bicyclic) bond motifs is 1. The number of carbonyl (C=O) groups is 1. The predicted molar refractivity (Wildman–Crippen MR) is 118 cm³/mol. The lowest BCUT2D eigenvalue weighted by Crippen LogP contribution is -2.26. The molecule has 3 heterocycles. The van der Waals surface area contributed by atoms with Gasteiger partial charge in [0.25, 0.3) is 0 Å². The van der Waals surface area contributed by atoms with Crippen molar-refractivity contribution < 1.29 is 9.53 Å². The van der Waals surface area contributed by atoms with Gasteiger partial charge in [-0.1, -0.05) is 18.2 Å². The fraction of sp³-hybridized carbons (Fsp3) is 0.250. The second-order valence-electron chi connectivity index (χ2n) is 7.85. The normalized spacial score (nSPS) is 16.0. The summed E-state index contributed by atoms with van der Waals surface area (Å²) in [4.78, 5) is 22.3. The maximum absolute atomic E-state index is 11.7. The predicted octanol–water partition coefficient (Wildman–Crippen LogP) is 4.15. The molecule has 0 N–H and O–H groups in total. The molecule has 0 saturated carbocycles. The maximum Gasteiger partial charge on any atom is 0.219 e. The first-order valence-electron chi connectivity index (χ1n) is 10.4. The standard InChI is InChI=1S/C24H23N5O2/c1-17(30)28-12-11-18(14-28)15-29-24-22(13-25-16-26-24)23(27-29)19-7-9-21(10-8-19)31-20-5-3-2-4-6-20/h2-10,13,16,18H,11-12,14-15H2,1H3.